The predicted molar refractivity (Wildman–Crippen MR) is 77.6 cm³/mol. The lowest BCUT2D eigenvalue weighted by Crippen LogP contribution is -2.08. The Balaban J connectivity index is 2.59. The molecular formula is C14H23N5. The third-order valence-electron chi connectivity index (χ3n) is 3.61. The fourth-order valence-corrected chi connectivity index (χ4v) is 2.65. The van der Waals surface area contributed by atoms with Gasteiger partial charge in [-0.1, -0.05) is 20.3 Å². The zero-order valence-corrected chi connectivity index (χ0v) is 12.5. The fraction of sp³-hybridized carbons (Fsp3) is 0.571. The molecule has 0 aromatic carbocycles. The van der Waals surface area contributed by atoms with Crippen molar-refractivity contribution in [1.29, 1.82) is 0 Å². The van der Waals surface area contributed by atoms with Crippen LogP contribution < -0.4 is 5.73 Å². The minimum absolute atomic E-state index is 0.748. The van der Waals surface area contributed by atoms with Gasteiger partial charge in [0.05, 0.1) is 11.4 Å². The quantitative estimate of drug-likeness (QED) is 0.918. The first-order valence-electron chi connectivity index (χ1n) is 6.88. The highest BCUT2D eigenvalue weighted by atomic mass is 15.4. The smallest absolute Gasteiger partial charge is 0.175 e. The summed E-state index contributed by atoms with van der Waals surface area (Å²) in [5.74, 6) is 0.878. The maximum Gasteiger partial charge on any atom is 0.175 e. The Kier molecular flexibility index (Phi) is 3.64. The average Bonchev–Trinajstić information content (AvgIpc) is 2.78. The van der Waals surface area contributed by atoms with Gasteiger partial charge in [0.2, 0.25) is 0 Å². The lowest BCUT2D eigenvalue weighted by atomic mass is 10.1. The SMILES string of the molecule is CCCc1nn(C)c(-n2nc(C)c(CC)c2C)c1N. The van der Waals surface area contributed by atoms with Gasteiger partial charge < -0.3 is 5.73 Å². The van der Waals surface area contributed by atoms with Crippen molar-refractivity contribution in [2.45, 2.75) is 47.0 Å². The molecule has 0 atom stereocenters. The normalized spacial score (nSPS) is 11.2. The van der Waals surface area contributed by atoms with Crippen molar-refractivity contribution in [3.8, 4) is 5.82 Å². The maximum atomic E-state index is 6.25. The molecule has 2 rings (SSSR count). The third-order valence-corrected chi connectivity index (χ3v) is 3.61. The molecule has 0 radical (unpaired) electrons. The van der Waals surface area contributed by atoms with E-state index in [1.54, 1.807) is 0 Å². The number of nitrogens with two attached hydrogens (primary N) is 1. The van der Waals surface area contributed by atoms with Crippen molar-refractivity contribution >= 4 is 5.69 Å². The fourth-order valence-electron chi connectivity index (χ4n) is 2.65. The molecule has 0 aliphatic rings. The predicted octanol–water partition coefficient (Wildman–Crippen LogP) is 2.32. The van der Waals surface area contributed by atoms with Crippen LogP contribution in [0.1, 0.15) is 42.9 Å². The molecule has 5 heteroatoms. The van der Waals surface area contributed by atoms with Crippen LogP contribution in [0.15, 0.2) is 0 Å². The summed E-state index contributed by atoms with van der Waals surface area (Å²) in [4.78, 5) is 0. The number of anilines is 1. The van der Waals surface area contributed by atoms with E-state index in [0.29, 0.717) is 0 Å². The largest absolute Gasteiger partial charge is 0.394 e. The van der Waals surface area contributed by atoms with E-state index in [1.807, 2.05) is 23.3 Å². The highest BCUT2D eigenvalue weighted by Crippen LogP contribution is 2.25. The Bertz CT molecular complexity index is 591. The lowest BCUT2D eigenvalue weighted by Gasteiger charge is -2.06. The van der Waals surface area contributed by atoms with Crippen LogP contribution in [0.4, 0.5) is 5.69 Å². The Morgan fingerprint density at radius 1 is 1.16 bits per heavy atom. The Morgan fingerprint density at radius 3 is 2.37 bits per heavy atom. The number of aryl methyl sites for hydroxylation is 3. The Morgan fingerprint density at radius 2 is 1.84 bits per heavy atom. The molecule has 0 aliphatic heterocycles. The maximum absolute atomic E-state index is 6.25. The number of aromatic nitrogens is 4. The topological polar surface area (TPSA) is 61.7 Å². The van der Waals surface area contributed by atoms with E-state index in [2.05, 4.69) is 31.0 Å². The van der Waals surface area contributed by atoms with Crippen LogP contribution >= 0.6 is 0 Å². The standard InChI is InChI=1S/C14H23N5/c1-6-8-12-13(15)14(18(5)17-12)19-10(4)11(7-2)9(3)16-19/h6-8,15H2,1-5H3. The average molecular weight is 261 g/mol. The lowest BCUT2D eigenvalue weighted by molar-refractivity contribution is 0.675. The molecule has 19 heavy (non-hydrogen) atoms. The number of hydrogen-bond donors (Lipinski definition) is 1. The zero-order chi connectivity index (χ0) is 14.2. The summed E-state index contributed by atoms with van der Waals surface area (Å²) in [6.45, 7) is 8.41. The van der Waals surface area contributed by atoms with Crippen molar-refractivity contribution in [2.75, 3.05) is 5.73 Å². The number of hydrogen-bond acceptors (Lipinski definition) is 3. The highest BCUT2D eigenvalue weighted by Gasteiger charge is 2.19. The summed E-state index contributed by atoms with van der Waals surface area (Å²) in [7, 11) is 1.92. The van der Waals surface area contributed by atoms with E-state index < -0.39 is 0 Å². The molecule has 2 aromatic rings. The first-order chi connectivity index (χ1) is 9.01. The molecule has 0 fully saturated rings. The van der Waals surface area contributed by atoms with Gasteiger partial charge in [0.1, 0.15) is 5.69 Å². The molecule has 2 heterocycles. The van der Waals surface area contributed by atoms with Gasteiger partial charge >= 0.3 is 0 Å². The second-order valence-electron chi connectivity index (χ2n) is 4.97. The summed E-state index contributed by atoms with van der Waals surface area (Å²) < 4.78 is 3.76. The van der Waals surface area contributed by atoms with E-state index in [1.165, 1.54) is 5.56 Å². The van der Waals surface area contributed by atoms with Crippen molar-refractivity contribution in [3.63, 3.8) is 0 Å². The zero-order valence-electron chi connectivity index (χ0n) is 12.5. The molecule has 0 amide bonds. The highest BCUT2D eigenvalue weighted by molar-refractivity contribution is 5.58. The molecule has 0 unspecified atom stereocenters. The first kappa shape index (κ1) is 13.6. The Labute approximate surface area is 114 Å². The molecule has 0 aliphatic carbocycles. The van der Waals surface area contributed by atoms with Gasteiger partial charge in [-0.25, -0.2) is 9.36 Å². The van der Waals surface area contributed by atoms with Crippen LogP contribution in [-0.4, -0.2) is 19.6 Å². The molecule has 5 nitrogen and oxygen atoms in total. The molecule has 2 aromatic heterocycles. The van der Waals surface area contributed by atoms with Gasteiger partial charge in [0, 0.05) is 12.7 Å². The van der Waals surface area contributed by atoms with Gasteiger partial charge in [-0.05, 0) is 32.3 Å². The minimum atomic E-state index is 0.748. The van der Waals surface area contributed by atoms with E-state index in [4.69, 9.17) is 5.73 Å². The van der Waals surface area contributed by atoms with E-state index >= 15 is 0 Å². The molecule has 0 spiro atoms. The number of nitrogen functional groups attached to an aromatic ring is 1. The van der Waals surface area contributed by atoms with Crippen molar-refractivity contribution in [2.24, 2.45) is 7.05 Å². The van der Waals surface area contributed by atoms with Crippen molar-refractivity contribution < 1.29 is 0 Å². The van der Waals surface area contributed by atoms with Crippen molar-refractivity contribution in [1.82, 2.24) is 19.6 Å². The van der Waals surface area contributed by atoms with Gasteiger partial charge in [0.25, 0.3) is 0 Å². The van der Waals surface area contributed by atoms with Crippen LogP contribution in [-0.2, 0) is 19.9 Å². The Hall–Kier alpha value is -1.78. The molecule has 2 N–H and O–H groups in total. The summed E-state index contributed by atoms with van der Waals surface area (Å²) in [5, 5.41) is 9.14. The second kappa shape index (κ2) is 5.07. The van der Waals surface area contributed by atoms with Gasteiger partial charge in [-0.15, -0.1) is 0 Å². The van der Waals surface area contributed by atoms with Crippen LogP contribution in [0.5, 0.6) is 0 Å². The molecule has 104 valence electrons. The second-order valence-corrected chi connectivity index (χ2v) is 4.97. The summed E-state index contributed by atoms with van der Waals surface area (Å²) in [6.07, 6.45) is 2.93. The number of rotatable bonds is 4. The van der Waals surface area contributed by atoms with Crippen LogP contribution in [0, 0.1) is 13.8 Å². The summed E-state index contributed by atoms with van der Waals surface area (Å²) in [6, 6.07) is 0. The van der Waals surface area contributed by atoms with Gasteiger partial charge in [-0.2, -0.15) is 10.2 Å². The minimum Gasteiger partial charge on any atom is -0.394 e. The van der Waals surface area contributed by atoms with Gasteiger partial charge in [-0.3, -0.25) is 0 Å². The third kappa shape index (κ3) is 2.13. The monoisotopic (exact) mass is 261 g/mol. The van der Waals surface area contributed by atoms with Crippen LogP contribution in [0.25, 0.3) is 5.82 Å². The molecule has 0 saturated heterocycles. The van der Waals surface area contributed by atoms with Crippen LogP contribution in [0.2, 0.25) is 0 Å². The molecular weight excluding hydrogens is 238 g/mol. The number of nitrogens with zero attached hydrogens (tertiary/aromatic N) is 4. The first-order valence-corrected chi connectivity index (χ1v) is 6.88. The summed E-state index contributed by atoms with van der Waals surface area (Å²) in [5.41, 5.74) is 11.5. The van der Waals surface area contributed by atoms with Crippen molar-refractivity contribution in [3.05, 3.63) is 22.6 Å². The molecule has 0 bridgehead atoms. The summed E-state index contributed by atoms with van der Waals surface area (Å²) >= 11 is 0. The van der Waals surface area contributed by atoms with Crippen LogP contribution in [0.3, 0.4) is 0 Å². The van der Waals surface area contributed by atoms with E-state index in [-0.39, 0.29) is 0 Å². The van der Waals surface area contributed by atoms with E-state index in [9.17, 15) is 0 Å². The molecule has 0 saturated carbocycles. The van der Waals surface area contributed by atoms with E-state index in [0.717, 1.165) is 47.8 Å². The van der Waals surface area contributed by atoms with Gasteiger partial charge in [0.15, 0.2) is 5.82 Å².